The van der Waals surface area contributed by atoms with E-state index in [4.69, 9.17) is 47.4 Å². The quantitative estimate of drug-likeness (QED) is 0.0290. The number of benzene rings is 4. The van der Waals surface area contributed by atoms with Crippen LogP contribution >= 0.6 is 0 Å². The first kappa shape index (κ1) is 56.0. The van der Waals surface area contributed by atoms with E-state index >= 15 is 0 Å². The second kappa shape index (κ2) is 25.1. The number of likely N-dealkylation sites (N-methyl/N-ethyl adjacent to an activating group) is 2. The first-order valence-corrected chi connectivity index (χ1v) is 24.4. The summed E-state index contributed by atoms with van der Waals surface area (Å²) in [6.45, 7) is 1.61. The van der Waals surface area contributed by atoms with Gasteiger partial charge in [0.2, 0.25) is 5.75 Å². The number of carbonyl (C=O) groups is 2. The molecule has 18 heteroatoms. The molecule has 4 unspecified atom stereocenters. The molecule has 0 saturated carbocycles. The Balaban J connectivity index is 1.12. The smallest absolute Gasteiger partial charge is 0.331 e. The van der Waals surface area contributed by atoms with Crippen LogP contribution in [0.5, 0.6) is 46.0 Å². The average molecular weight is 1020 g/mol. The minimum absolute atomic E-state index is 0.0663. The zero-order valence-corrected chi connectivity index (χ0v) is 44.0. The monoisotopic (exact) mass is 1020 g/mol. The lowest BCUT2D eigenvalue weighted by molar-refractivity contribution is -0.941. The van der Waals surface area contributed by atoms with Gasteiger partial charge in [-0.15, -0.1) is 0 Å². The first-order chi connectivity index (χ1) is 35.2. The third-order valence-electron chi connectivity index (χ3n) is 14.6. The van der Waals surface area contributed by atoms with E-state index in [9.17, 15) is 30.0 Å². The third-order valence-corrected chi connectivity index (χ3v) is 14.6. The Morgan fingerprint density at radius 3 is 1.55 bits per heavy atom. The maximum atomic E-state index is 13.0. The van der Waals surface area contributed by atoms with Crippen molar-refractivity contribution in [3.8, 4) is 46.0 Å². The van der Waals surface area contributed by atoms with Crippen LogP contribution in [0.3, 0.4) is 0 Å². The molecule has 0 aliphatic carbocycles. The number of methoxy groups -OCH3 is 8. The van der Waals surface area contributed by atoms with E-state index in [1.807, 2.05) is 36.4 Å². The van der Waals surface area contributed by atoms with Gasteiger partial charge in [0.1, 0.15) is 17.8 Å². The fourth-order valence-electron chi connectivity index (χ4n) is 11.0. The van der Waals surface area contributed by atoms with Crippen LogP contribution in [0.1, 0.15) is 80.6 Å². The van der Waals surface area contributed by atoms with E-state index in [2.05, 4.69) is 14.1 Å². The van der Waals surface area contributed by atoms with Gasteiger partial charge in [-0.05, 0) is 52.6 Å². The molecule has 4 atom stereocenters. The fraction of sp³-hybridized carbons (Fsp3) is 0.491. The summed E-state index contributed by atoms with van der Waals surface area (Å²) in [5, 5.41) is 41.4. The molecule has 2 aliphatic heterocycles. The molecular weight excluding hydrogens is 945 g/mol. The molecule has 6 rings (SSSR count). The molecule has 4 aromatic rings. The molecule has 0 radical (unpaired) electrons. The lowest BCUT2D eigenvalue weighted by Gasteiger charge is -2.47. The zero-order chi connectivity index (χ0) is 53.0. The Kier molecular flexibility index (Phi) is 19.3. The lowest BCUT2D eigenvalue weighted by atomic mass is 9.82. The summed E-state index contributed by atoms with van der Waals surface area (Å²) < 4.78 is 58.4. The third kappa shape index (κ3) is 11.7. The van der Waals surface area contributed by atoms with Gasteiger partial charge in [-0.3, -0.25) is 0 Å². The topological polar surface area (TPSA) is 207 Å². The molecule has 0 bridgehead atoms. The summed E-state index contributed by atoms with van der Waals surface area (Å²) in [7, 11) is 16.8. The Labute approximate surface area is 428 Å². The molecule has 0 spiro atoms. The Morgan fingerprint density at radius 2 is 1.03 bits per heavy atom. The van der Waals surface area contributed by atoms with E-state index in [0.717, 1.165) is 58.5 Å². The van der Waals surface area contributed by atoms with Crippen molar-refractivity contribution < 1.29 is 86.3 Å². The highest BCUT2D eigenvalue weighted by molar-refractivity contribution is 5.91. The Hall–Kier alpha value is -6.28. The van der Waals surface area contributed by atoms with Gasteiger partial charge in [0.15, 0.2) is 34.5 Å². The number of nitrogens with zero attached hydrogens (tertiary/aromatic N) is 2. The van der Waals surface area contributed by atoms with Crippen LogP contribution < -0.4 is 37.9 Å². The highest BCUT2D eigenvalue weighted by Crippen LogP contribution is 2.52. The van der Waals surface area contributed by atoms with Crippen LogP contribution in [-0.2, 0) is 64.8 Å². The van der Waals surface area contributed by atoms with Gasteiger partial charge in [0, 0.05) is 66.5 Å². The van der Waals surface area contributed by atoms with Crippen LogP contribution in [0.2, 0.25) is 0 Å². The van der Waals surface area contributed by atoms with Crippen molar-refractivity contribution in [3.05, 3.63) is 104 Å². The molecule has 4 aromatic carbocycles. The normalized spacial score (nSPS) is 19.1. The molecule has 0 saturated heterocycles. The van der Waals surface area contributed by atoms with Gasteiger partial charge < -0.3 is 76.8 Å². The standard InChI is InChI=1S/C55H74N2O16/c1-56(19-15-36-28-45(66-5)54(70-9)55(71-10)48(36)42(56)24-34-23-39(31-59)51(67-6)43(25-34)64-3)17-11-21-72-46(62)13-14-47(63)73-22-12-18-57(2)20-16-35-26-38(30-58)41(33-61)53(69-8)49(35)50(57)37-27-40(32-60)52(68-7)44(29-37)65-4/h13-14,23,25-29,42,50,58-61H,11-12,15-22,24,30-33H2,1-10H3/q+2. The van der Waals surface area contributed by atoms with Gasteiger partial charge in [-0.1, -0.05) is 6.07 Å². The predicted molar refractivity (Wildman–Crippen MR) is 270 cm³/mol. The first-order valence-electron chi connectivity index (χ1n) is 24.4. The van der Waals surface area contributed by atoms with Gasteiger partial charge in [-0.2, -0.15) is 0 Å². The SMILES string of the molecule is COc1cc(CC2c3c(cc(OC)c(OC)c3OC)CC[N+]2(C)CCCOC(=O)C=CC(=O)OCCC[N+]2(C)CCc3cc(CO)c(CO)c(OC)c3C2c2cc(CO)c(OC)c(OC)c2)cc(CO)c1OC. The van der Waals surface area contributed by atoms with Gasteiger partial charge in [0.25, 0.3) is 0 Å². The predicted octanol–water partition coefficient (Wildman–Crippen LogP) is 5.23. The minimum atomic E-state index is -0.688. The summed E-state index contributed by atoms with van der Waals surface area (Å²) in [5.41, 5.74) is 7.80. The molecule has 398 valence electrons. The largest absolute Gasteiger partial charge is 0.496 e. The molecule has 0 amide bonds. The highest BCUT2D eigenvalue weighted by Gasteiger charge is 2.45. The Bertz CT molecular complexity index is 2570. The second-order valence-electron chi connectivity index (χ2n) is 18.7. The minimum Gasteiger partial charge on any atom is -0.496 e. The summed E-state index contributed by atoms with van der Waals surface area (Å²) in [4.78, 5) is 25.9. The van der Waals surface area contributed by atoms with Crippen molar-refractivity contribution in [1.29, 1.82) is 0 Å². The number of hydrogen-bond donors (Lipinski definition) is 4. The van der Waals surface area contributed by atoms with Crippen molar-refractivity contribution in [2.75, 3.05) is 110 Å². The summed E-state index contributed by atoms with van der Waals surface area (Å²) in [6, 6.07) is 11.0. The number of aliphatic hydroxyl groups excluding tert-OH is 4. The van der Waals surface area contributed by atoms with Crippen LogP contribution in [0.25, 0.3) is 0 Å². The second-order valence-corrected chi connectivity index (χ2v) is 18.7. The van der Waals surface area contributed by atoms with E-state index in [1.165, 1.54) is 21.3 Å². The molecule has 0 fully saturated rings. The zero-order valence-electron chi connectivity index (χ0n) is 44.0. The van der Waals surface area contributed by atoms with Crippen molar-refractivity contribution in [2.45, 2.75) is 70.6 Å². The Morgan fingerprint density at radius 1 is 0.534 bits per heavy atom. The van der Waals surface area contributed by atoms with Crippen molar-refractivity contribution in [3.63, 3.8) is 0 Å². The number of esters is 2. The maximum Gasteiger partial charge on any atom is 0.331 e. The molecular formula is C55H74N2O16+2. The van der Waals surface area contributed by atoms with E-state index in [1.54, 1.807) is 35.5 Å². The number of fused-ring (bicyclic) bond motifs is 2. The van der Waals surface area contributed by atoms with Crippen LogP contribution in [0.4, 0.5) is 0 Å². The number of carbonyl (C=O) groups excluding carboxylic acids is 2. The van der Waals surface area contributed by atoms with E-state index in [0.29, 0.717) is 123 Å². The molecule has 73 heavy (non-hydrogen) atoms. The van der Waals surface area contributed by atoms with Gasteiger partial charge in [0.05, 0.1) is 148 Å². The van der Waals surface area contributed by atoms with E-state index in [-0.39, 0.29) is 51.7 Å². The molecule has 2 aliphatic rings. The number of aliphatic hydroxyl groups is 4. The summed E-state index contributed by atoms with van der Waals surface area (Å²) >= 11 is 0. The van der Waals surface area contributed by atoms with Crippen LogP contribution in [0, 0.1) is 0 Å². The number of hydrogen-bond acceptors (Lipinski definition) is 16. The van der Waals surface area contributed by atoms with Crippen molar-refractivity contribution in [2.24, 2.45) is 0 Å². The number of rotatable bonds is 25. The fourth-order valence-corrected chi connectivity index (χ4v) is 11.0. The van der Waals surface area contributed by atoms with Gasteiger partial charge >= 0.3 is 11.9 Å². The molecule has 4 N–H and O–H groups in total. The van der Waals surface area contributed by atoms with Crippen molar-refractivity contribution in [1.82, 2.24) is 0 Å². The van der Waals surface area contributed by atoms with Gasteiger partial charge in [-0.25, -0.2) is 9.59 Å². The molecule has 2 heterocycles. The van der Waals surface area contributed by atoms with Crippen LogP contribution in [-0.4, -0.2) is 152 Å². The van der Waals surface area contributed by atoms with E-state index < -0.39 is 11.9 Å². The highest BCUT2D eigenvalue weighted by atomic mass is 16.5. The van der Waals surface area contributed by atoms with Crippen LogP contribution in [0.15, 0.2) is 48.6 Å². The number of ether oxygens (including phenoxy) is 10. The maximum absolute atomic E-state index is 13.0. The number of quaternary nitrogens is 2. The summed E-state index contributed by atoms with van der Waals surface area (Å²) in [5.74, 6) is 2.60. The lowest BCUT2D eigenvalue weighted by Crippen LogP contribution is -2.53. The average Bonchev–Trinajstić information content (AvgIpc) is 3.41. The molecule has 18 nitrogen and oxygen atoms in total. The van der Waals surface area contributed by atoms with Crippen molar-refractivity contribution >= 4 is 11.9 Å². The summed E-state index contributed by atoms with van der Waals surface area (Å²) in [6.07, 6.45) is 5.02. The molecule has 0 aromatic heterocycles.